The zero-order valence-electron chi connectivity index (χ0n) is 8.89. The summed E-state index contributed by atoms with van der Waals surface area (Å²) in [6, 6.07) is 10.6. The monoisotopic (exact) mass is 265 g/mol. The van der Waals surface area contributed by atoms with E-state index in [-0.39, 0.29) is 17.0 Å². The van der Waals surface area contributed by atoms with Gasteiger partial charge in [0.2, 0.25) is 0 Å². The molecule has 0 N–H and O–H groups in total. The molecule has 0 atom stereocenters. The van der Waals surface area contributed by atoms with E-state index in [2.05, 4.69) is 60.4 Å². The molecule has 2 heteroatoms. The van der Waals surface area contributed by atoms with Crippen molar-refractivity contribution in [2.75, 3.05) is 6.54 Å². The van der Waals surface area contributed by atoms with Crippen LogP contribution in [0, 0.1) is 0 Å². The molecule has 0 spiro atoms. The summed E-state index contributed by atoms with van der Waals surface area (Å²) in [5, 5.41) is 0. The molecule has 0 fully saturated rings. The Morgan fingerprint density at radius 2 is 1.93 bits per heavy atom. The Morgan fingerprint density at radius 3 is 2.60 bits per heavy atom. The highest BCUT2D eigenvalue weighted by Crippen LogP contribution is 2.13. The van der Waals surface area contributed by atoms with Crippen molar-refractivity contribution in [3.8, 4) is 0 Å². The van der Waals surface area contributed by atoms with E-state index in [0.29, 0.717) is 0 Å². The predicted octanol–water partition coefficient (Wildman–Crippen LogP) is 3.54. The quantitative estimate of drug-likeness (QED) is 0.791. The predicted molar refractivity (Wildman–Crippen MR) is 70.1 cm³/mol. The zero-order chi connectivity index (χ0) is 9.80. The topological polar surface area (TPSA) is 3.24 Å². The van der Waals surface area contributed by atoms with Crippen LogP contribution in [0.5, 0.6) is 0 Å². The summed E-state index contributed by atoms with van der Waals surface area (Å²) in [5.41, 5.74) is 2.71. The fourth-order valence-electron chi connectivity index (χ4n) is 1.64. The molecule has 1 aromatic carbocycles. The minimum absolute atomic E-state index is 0. The lowest BCUT2D eigenvalue weighted by atomic mass is 10.2. The maximum atomic E-state index is 2.37. The van der Waals surface area contributed by atoms with Gasteiger partial charge < -0.3 is 4.90 Å². The Labute approximate surface area is 102 Å². The molecule has 80 valence electrons. The second-order valence-electron chi connectivity index (χ2n) is 3.60. The van der Waals surface area contributed by atoms with Crippen LogP contribution in [0.2, 0.25) is 0 Å². The van der Waals surface area contributed by atoms with E-state index in [1.807, 2.05) is 0 Å². The summed E-state index contributed by atoms with van der Waals surface area (Å²) < 4.78 is 0. The molecular formula is C13H16BrN. The van der Waals surface area contributed by atoms with E-state index in [1.54, 1.807) is 0 Å². The number of hydrogen-bond acceptors (Lipinski definition) is 1. The highest BCUT2D eigenvalue weighted by Gasteiger charge is 2.06. The van der Waals surface area contributed by atoms with Gasteiger partial charge in [-0.05, 0) is 18.6 Å². The molecule has 0 radical (unpaired) electrons. The SMILES string of the molecule is Br.CC1=CC=CCN1Cc1ccccc1. The maximum Gasteiger partial charge on any atom is 0.0429 e. The van der Waals surface area contributed by atoms with Gasteiger partial charge >= 0.3 is 0 Å². The Bertz CT molecular complexity index is 354. The first kappa shape index (κ1) is 12.1. The van der Waals surface area contributed by atoms with Gasteiger partial charge in [-0.1, -0.05) is 42.5 Å². The van der Waals surface area contributed by atoms with Crippen molar-refractivity contribution in [1.29, 1.82) is 0 Å². The number of hydrogen-bond donors (Lipinski definition) is 0. The smallest absolute Gasteiger partial charge is 0.0429 e. The van der Waals surface area contributed by atoms with Gasteiger partial charge in [-0.15, -0.1) is 17.0 Å². The van der Waals surface area contributed by atoms with Crippen molar-refractivity contribution >= 4 is 17.0 Å². The molecule has 1 aliphatic heterocycles. The molecule has 0 aromatic heterocycles. The van der Waals surface area contributed by atoms with Crippen LogP contribution >= 0.6 is 17.0 Å². The molecule has 1 aliphatic rings. The van der Waals surface area contributed by atoms with Gasteiger partial charge in [0.15, 0.2) is 0 Å². The number of nitrogens with zero attached hydrogens (tertiary/aromatic N) is 1. The summed E-state index contributed by atoms with van der Waals surface area (Å²) >= 11 is 0. The van der Waals surface area contributed by atoms with Gasteiger partial charge in [-0.3, -0.25) is 0 Å². The van der Waals surface area contributed by atoms with E-state index in [4.69, 9.17) is 0 Å². The van der Waals surface area contributed by atoms with Crippen LogP contribution in [0.25, 0.3) is 0 Å². The summed E-state index contributed by atoms with van der Waals surface area (Å²) in [5.74, 6) is 0. The number of rotatable bonds is 2. The molecule has 1 nitrogen and oxygen atoms in total. The molecule has 1 heterocycles. The third-order valence-electron chi connectivity index (χ3n) is 2.51. The Morgan fingerprint density at radius 1 is 1.20 bits per heavy atom. The van der Waals surface area contributed by atoms with E-state index < -0.39 is 0 Å². The van der Waals surface area contributed by atoms with Crippen molar-refractivity contribution in [3.05, 3.63) is 59.8 Å². The van der Waals surface area contributed by atoms with E-state index in [9.17, 15) is 0 Å². The van der Waals surface area contributed by atoms with Crippen molar-refractivity contribution in [2.24, 2.45) is 0 Å². The van der Waals surface area contributed by atoms with Gasteiger partial charge in [0.25, 0.3) is 0 Å². The zero-order valence-corrected chi connectivity index (χ0v) is 10.6. The standard InChI is InChI=1S/C13H15N.BrH/c1-12-7-5-6-10-14(12)11-13-8-3-2-4-9-13;/h2-9H,10-11H2,1H3;1H. The molecular weight excluding hydrogens is 250 g/mol. The first-order valence-electron chi connectivity index (χ1n) is 4.98. The van der Waals surface area contributed by atoms with Crippen LogP contribution in [0.3, 0.4) is 0 Å². The molecule has 0 bridgehead atoms. The lowest BCUT2D eigenvalue weighted by Crippen LogP contribution is -2.22. The molecule has 0 amide bonds. The maximum absolute atomic E-state index is 2.37. The number of halogens is 1. The second-order valence-corrected chi connectivity index (χ2v) is 3.60. The van der Waals surface area contributed by atoms with Gasteiger partial charge in [0, 0.05) is 18.8 Å². The molecule has 15 heavy (non-hydrogen) atoms. The van der Waals surface area contributed by atoms with Gasteiger partial charge in [-0.2, -0.15) is 0 Å². The molecule has 0 unspecified atom stereocenters. The van der Waals surface area contributed by atoms with Crippen molar-refractivity contribution in [2.45, 2.75) is 13.5 Å². The van der Waals surface area contributed by atoms with Crippen LogP contribution in [0.4, 0.5) is 0 Å². The van der Waals surface area contributed by atoms with Crippen LogP contribution in [0.1, 0.15) is 12.5 Å². The average molecular weight is 266 g/mol. The minimum Gasteiger partial charge on any atom is -0.367 e. The average Bonchev–Trinajstić information content (AvgIpc) is 2.23. The Kier molecular flexibility index (Phi) is 4.63. The Hall–Kier alpha value is -1.02. The summed E-state index contributed by atoms with van der Waals surface area (Å²) in [6.07, 6.45) is 6.47. The fraction of sp³-hybridized carbons (Fsp3) is 0.231. The van der Waals surface area contributed by atoms with Crippen LogP contribution in [0.15, 0.2) is 54.3 Å². The summed E-state index contributed by atoms with van der Waals surface area (Å²) in [4.78, 5) is 2.37. The van der Waals surface area contributed by atoms with Gasteiger partial charge in [0.1, 0.15) is 0 Å². The number of allylic oxidation sites excluding steroid dienone is 3. The minimum atomic E-state index is 0. The van der Waals surface area contributed by atoms with E-state index in [1.165, 1.54) is 11.3 Å². The summed E-state index contributed by atoms with van der Waals surface area (Å²) in [6.45, 7) is 4.19. The highest BCUT2D eigenvalue weighted by molar-refractivity contribution is 8.93. The Balaban J connectivity index is 0.00000112. The number of benzene rings is 1. The third kappa shape index (κ3) is 3.24. The lowest BCUT2D eigenvalue weighted by molar-refractivity contribution is 0.370. The highest BCUT2D eigenvalue weighted by atomic mass is 79.9. The second kappa shape index (κ2) is 5.76. The van der Waals surface area contributed by atoms with Crippen molar-refractivity contribution in [3.63, 3.8) is 0 Å². The molecule has 1 aromatic rings. The first-order chi connectivity index (χ1) is 6.86. The van der Waals surface area contributed by atoms with Crippen molar-refractivity contribution < 1.29 is 0 Å². The molecule has 2 rings (SSSR count). The largest absolute Gasteiger partial charge is 0.367 e. The van der Waals surface area contributed by atoms with E-state index in [0.717, 1.165) is 13.1 Å². The van der Waals surface area contributed by atoms with Crippen LogP contribution in [-0.4, -0.2) is 11.4 Å². The fourth-order valence-corrected chi connectivity index (χ4v) is 1.64. The van der Waals surface area contributed by atoms with Crippen LogP contribution in [-0.2, 0) is 6.54 Å². The van der Waals surface area contributed by atoms with Crippen LogP contribution < -0.4 is 0 Å². The summed E-state index contributed by atoms with van der Waals surface area (Å²) in [7, 11) is 0. The molecule has 0 saturated carbocycles. The first-order valence-corrected chi connectivity index (χ1v) is 4.98. The lowest BCUT2D eigenvalue weighted by Gasteiger charge is -2.26. The van der Waals surface area contributed by atoms with E-state index >= 15 is 0 Å². The molecule has 0 aliphatic carbocycles. The normalized spacial score (nSPS) is 14.5. The van der Waals surface area contributed by atoms with Gasteiger partial charge in [0.05, 0.1) is 0 Å². The molecule has 0 saturated heterocycles. The third-order valence-corrected chi connectivity index (χ3v) is 2.51. The van der Waals surface area contributed by atoms with Crippen molar-refractivity contribution in [1.82, 2.24) is 4.90 Å². The van der Waals surface area contributed by atoms with Gasteiger partial charge in [-0.25, -0.2) is 0 Å².